The molecule has 0 saturated heterocycles. The summed E-state index contributed by atoms with van der Waals surface area (Å²) in [6, 6.07) is 21.0. The molecule has 8 heteroatoms. The first kappa shape index (κ1) is 27.0. The normalized spacial score (nSPS) is 13.6. The Morgan fingerprint density at radius 3 is 2.24 bits per heavy atom. The van der Waals surface area contributed by atoms with Gasteiger partial charge in [0.1, 0.15) is 5.60 Å². The van der Waals surface area contributed by atoms with Crippen LogP contribution in [0.3, 0.4) is 0 Å². The number of rotatable bonds is 13. The van der Waals surface area contributed by atoms with E-state index in [9.17, 15) is 9.90 Å². The lowest BCUT2D eigenvalue weighted by Gasteiger charge is -2.40. The monoisotopic (exact) mass is 518 g/mol. The highest BCUT2D eigenvalue weighted by molar-refractivity contribution is 5.83. The zero-order chi connectivity index (χ0) is 27.1. The summed E-state index contributed by atoms with van der Waals surface area (Å²) in [7, 11) is 4.64. The van der Waals surface area contributed by atoms with E-state index in [1.807, 2.05) is 60.8 Å². The van der Waals surface area contributed by atoms with Gasteiger partial charge in [0.15, 0.2) is 11.5 Å². The van der Waals surface area contributed by atoms with Crippen molar-refractivity contribution in [3.05, 3.63) is 89.6 Å². The fourth-order valence-electron chi connectivity index (χ4n) is 5.09. The molecule has 4 aromatic rings. The molecule has 200 valence electrons. The Balaban J connectivity index is 1.78. The summed E-state index contributed by atoms with van der Waals surface area (Å²) in [4.78, 5) is 15.8. The zero-order valence-electron chi connectivity index (χ0n) is 21.9. The molecule has 0 spiro atoms. The van der Waals surface area contributed by atoms with Gasteiger partial charge < -0.3 is 34.8 Å². The van der Waals surface area contributed by atoms with Gasteiger partial charge >= 0.3 is 0 Å². The van der Waals surface area contributed by atoms with Gasteiger partial charge in [0, 0.05) is 29.6 Å². The number of nitrogens with two attached hydrogens (primary N) is 1. The second-order valence-electron chi connectivity index (χ2n) is 9.16. The molecule has 3 aromatic carbocycles. The molecule has 0 radical (unpaired) electrons. The summed E-state index contributed by atoms with van der Waals surface area (Å²) in [5.74, 6) is 0.430. The molecule has 4 rings (SSSR count). The number of ether oxygens (including phenoxy) is 4. The number of carbonyl (C=O) groups is 1. The van der Waals surface area contributed by atoms with Crippen LogP contribution in [0.15, 0.2) is 72.9 Å². The van der Waals surface area contributed by atoms with E-state index in [0.717, 1.165) is 27.6 Å². The van der Waals surface area contributed by atoms with Gasteiger partial charge in [-0.15, -0.1) is 0 Å². The molecule has 0 saturated carbocycles. The first-order valence-electron chi connectivity index (χ1n) is 12.4. The molecule has 1 aromatic heterocycles. The highest BCUT2D eigenvalue weighted by Gasteiger charge is 2.43. The number of hydrogen-bond acceptors (Lipinski definition) is 6. The molecule has 38 heavy (non-hydrogen) atoms. The number of H-pyrrole nitrogens is 1. The van der Waals surface area contributed by atoms with Crippen molar-refractivity contribution in [3.8, 4) is 17.2 Å². The molecule has 4 N–H and O–H groups in total. The van der Waals surface area contributed by atoms with Gasteiger partial charge in [-0.25, -0.2) is 0 Å². The van der Waals surface area contributed by atoms with Gasteiger partial charge in [-0.3, -0.25) is 4.79 Å². The molecule has 0 bridgehead atoms. The number of aromatic nitrogens is 1. The van der Waals surface area contributed by atoms with Crippen molar-refractivity contribution in [3.63, 3.8) is 0 Å². The molecular weight excluding hydrogens is 484 g/mol. The SMILES string of the molecule is COc1cc(COC(CC(N)=O)(c2ccccc2)C(CO)Cc2c[nH]c3ccccc23)cc(OC)c1OC. The largest absolute Gasteiger partial charge is 0.493 e. The summed E-state index contributed by atoms with van der Waals surface area (Å²) in [6.45, 7) is -0.125. The average Bonchev–Trinajstić information content (AvgIpc) is 3.36. The van der Waals surface area contributed by atoms with Crippen molar-refractivity contribution in [2.75, 3.05) is 27.9 Å². The quantitative estimate of drug-likeness (QED) is 0.243. The zero-order valence-corrected chi connectivity index (χ0v) is 21.9. The van der Waals surface area contributed by atoms with Gasteiger partial charge in [-0.05, 0) is 41.3 Å². The average molecular weight is 519 g/mol. The summed E-state index contributed by atoms with van der Waals surface area (Å²) in [5.41, 5.74) is 8.11. The van der Waals surface area contributed by atoms with Crippen LogP contribution in [0.5, 0.6) is 17.2 Å². The Morgan fingerprint density at radius 1 is 0.974 bits per heavy atom. The molecule has 0 aliphatic carbocycles. The maximum atomic E-state index is 12.5. The highest BCUT2D eigenvalue weighted by Crippen LogP contribution is 2.43. The smallest absolute Gasteiger partial charge is 0.220 e. The molecular formula is C30H34N2O6. The number of amides is 1. The third-order valence-corrected chi connectivity index (χ3v) is 6.94. The number of nitrogens with one attached hydrogen (secondary N) is 1. The van der Waals surface area contributed by atoms with Crippen LogP contribution in [0.1, 0.15) is 23.1 Å². The minimum absolute atomic E-state index is 0.100. The van der Waals surface area contributed by atoms with Gasteiger partial charge in [-0.1, -0.05) is 48.5 Å². The third-order valence-electron chi connectivity index (χ3n) is 6.94. The van der Waals surface area contributed by atoms with Crippen molar-refractivity contribution in [1.29, 1.82) is 0 Å². The van der Waals surface area contributed by atoms with Crippen molar-refractivity contribution < 1.29 is 28.8 Å². The fraction of sp³-hybridized carbons (Fsp3) is 0.300. The lowest BCUT2D eigenvalue weighted by Crippen LogP contribution is -2.44. The number of methoxy groups -OCH3 is 3. The van der Waals surface area contributed by atoms with Gasteiger partial charge in [0.05, 0.1) is 34.4 Å². The predicted molar refractivity (Wildman–Crippen MR) is 145 cm³/mol. The van der Waals surface area contributed by atoms with E-state index in [2.05, 4.69) is 4.98 Å². The lowest BCUT2D eigenvalue weighted by molar-refractivity contribution is -0.143. The maximum Gasteiger partial charge on any atom is 0.220 e. The van der Waals surface area contributed by atoms with Gasteiger partial charge in [0.25, 0.3) is 0 Å². The Labute approximate surface area is 222 Å². The van der Waals surface area contributed by atoms with E-state index < -0.39 is 17.4 Å². The van der Waals surface area contributed by atoms with E-state index in [0.29, 0.717) is 23.7 Å². The van der Waals surface area contributed by atoms with Crippen LogP contribution in [-0.4, -0.2) is 43.9 Å². The summed E-state index contributed by atoms with van der Waals surface area (Å²) < 4.78 is 23.1. The molecule has 0 fully saturated rings. The van der Waals surface area contributed by atoms with Gasteiger partial charge in [0.2, 0.25) is 11.7 Å². The number of hydrogen-bond donors (Lipinski definition) is 3. The van der Waals surface area contributed by atoms with Crippen LogP contribution < -0.4 is 19.9 Å². The molecule has 0 aliphatic rings. The lowest BCUT2D eigenvalue weighted by atomic mass is 9.75. The van der Waals surface area contributed by atoms with E-state index in [-0.39, 0.29) is 19.6 Å². The number of aliphatic hydroxyl groups is 1. The first-order chi connectivity index (χ1) is 18.4. The predicted octanol–water partition coefficient (Wildman–Crippen LogP) is 4.33. The number of primary amides is 1. The topological polar surface area (TPSA) is 116 Å². The Hall–Kier alpha value is -4.01. The number of carbonyl (C=O) groups excluding carboxylic acids is 1. The Morgan fingerprint density at radius 2 is 1.63 bits per heavy atom. The number of aliphatic hydroxyl groups excluding tert-OH is 1. The second kappa shape index (κ2) is 12.0. The number of benzene rings is 3. The molecule has 0 aliphatic heterocycles. The van der Waals surface area contributed by atoms with Crippen LogP contribution in [0.25, 0.3) is 10.9 Å². The molecule has 8 nitrogen and oxygen atoms in total. The van der Waals surface area contributed by atoms with Crippen molar-refractivity contribution in [2.45, 2.75) is 25.0 Å². The minimum atomic E-state index is -1.21. The first-order valence-corrected chi connectivity index (χ1v) is 12.4. The van der Waals surface area contributed by atoms with Crippen LogP contribution >= 0.6 is 0 Å². The van der Waals surface area contributed by atoms with Crippen LogP contribution in [-0.2, 0) is 28.2 Å². The highest BCUT2D eigenvalue weighted by atomic mass is 16.5. The van der Waals surface area contributed by atoms with Crippen molar-refractivity contribution in [1.82, 2.24) is 4.98 Å². The van der Waals surface area contributed by atoms with E-state index >= 15 is 0 Å². The number of aromatic amines is 1. The Kier molecular flexibility index (Phi) is 8.55. The molecule has 2 atom stereocenters. The van der Waals surface area contributed by atoms with Gasteiger partial charge in [-0.2, -0.15) is 0 Å². The van der Waals surface area contributed by atoms with E-state index in [4.69, 9.17) is 24.7 Å². The fourth-order valence-corrected chi connectivity index (χ4v) is 5.09. The van der Waals surface area contributed by atoms with Crippen molar-refractivity contribution >= 4 is 16.8 Å². The summed E-state index contributed by atoms with van der Waals surface area (Å²) >= 11 is 0. The minimum Gasteiger partial charge on any atom is -0.493 e. The van der Waals surface area contributed by atoms with Crippen molar-refractivity contribution in [2.24, 2.45) is 11.7 Å². The number of para-hydroxylation sites is 1. The second-order valence-corrected chi connectivity index (χ2v) is 9.16. The van der Waals surface area contributed by atoms with Crippen LogP contribution in [0.4, 0.5) is 0 Å². The van der Waals surface area contributed by atoms with E-state index in [1.54, 1.807) is 33.5 Å². The molecule has 1 amide bonds. The van der Waals surface area contributed by atoms with Crippen LogP contribution in [0, 0.1) is 5.92 Å². The summed E-state index contributed by atoms with van der Waals surface area (Å²) in [6.07, 6.45) is 2.28. The summed E-state index contributed by atoms with van der Waals surface area (Å²) in [5, 5.41) is 11.8. The third kappa shape index (κ3) is 5.46. The van der Waals surface area contributed by atoms with E-state index in [1.165, 1.54) is 0 Å². The van der Waals surface area contributed by atoms with Crippen LogP contribution in [0.2, 0.25) is 0 Å². The molecule has 1 heterocycles. The number of fused-ring (bicyclic) bond motifs is 1. The standard InChI is InChI=1S/C30H34N2O6/c1-35-26-13-20(14-27(36-2)29(26)37-3)19-38-30(16-28(31)34,22-9-5-4-6-10-22)23(18-33)15-21-17-32-25-12-8-7-11-24(21)25/h4-14,17,23,32-33H,15-16,18-19H2,1-3H3,(H2,31,34). The molecule has 2 unspecified atom stereocenters. The Bertz CT molecular complexity index is 1340. The maximum absolute atomic E-state index is 12.5.